The van der Waals surface area contributed by atoms with Crippen molar-refractivity contribution < 1.29 is 0 Å². The summed E-state index contributed by atoms with van der Waals surface area (Å²) in [5.74, 6) is 0. The van der Waals surface area contributed by atoms with Gasteiger partial charge in [0.25, 0.3) is 0 Å². The van der Waals surface area contributed by atoms with Gasteiger partial charge >= 0.3 is 0 Å². The standard InChI is InChI=1S/C13H25N/c1-2-3-4-5-6-7-8-11-14-12-9-10-13-14/h9,12H,2-8,10-11,13H2,1H3. The summed E-state index contributed by atoms with van der Waals surface area (Å²) >= 11 is 0. The van der Waals surface area contributed by atoms with Crippen molar-refractivity contribution in [2.45, 2.75) is 58.3 Å². The van der Waals surface area contributed by atoms with Crippen LogP contribution in [0.2, 0.25) is 0 Å². The minimum atomic E-state index is 1.26. The van der Waals surface area contributed by atoms with E-state index < -0.39 is 0 Å². The maximum absolute atomic E-state index is 2.45. The normalized spacial score (nSPS) is 15.4. The molecule has 0 aromatic heterocycles. The maximum Gasteiger partial charge on any atom is 0.0207 e. The highest BCUT2D eigenvalue weighted by Crippen LogP contribution is 2.09. The first-order valence-electron chi connectivity index (χ1n) is 6.34. The molecule has 0 radical (unpaired) electrons. The summed E-state index contributed by atoms with van der Waals surface area (Å²) in [6.07, 6.45) is 15.7. The third-order valence-corrected chi connectivity index (χ3v) is 2.95. The van der Waals surface area contributed by atoms with Gasteiger partial charge < -0.3 is 4.90 Å². The highest BCUT2D eigenvalue weighted by atomic mass is 15.1. The zero-order valence-electron chi connectivity index (χ0n) is 9.67. The first-order chi connectivity index (χ1) is 6.93. The molecule has 1 heteroatoms. The minimum Gasteiger partial charge on any atom is -0.377 e. The Morgan fingerprint density at radius 2 is 1.71 bits per heavy atom. The van der Waals surface area contributed by atoms with E-state index in [1.54, 1.807) is 0 Å². The summed E-state index contributed by atoms with van der Waals surface area (Å²) in [5, 5.41) is 0. The van der Waals surface area contributed by atoms with Crippen LogP contribution < -0.4 is 0 Å². The first-order valence-corrected chi connectivity index (χ1v) is 6.34. The zero-order chi connectivity index (χ0) is 10.1. The summed E-state index contributed by atoms with van der Waals surface area (Å²) in [7, 11) is 0. The molecule has 0 aliphatic carbocycles. The van der Waals surface area contributed by atoms with Crippen molar-refractivity contribution in [1.82, 2.24) is 4.90 Å². The Bertz CT molecular complexity index is 151. The molecule has 0 fully saturated rings. The van der Waals surface area contributed by atoms with Crippen molar-refractivity contribution in [2.24, 2.45) is 0 Å². The lowest BCUT2D eigenvalue weighted by Gasteiger charge is -2.14. The summed E-state index contributed by atoms with van der Waals surface area (Å²) in [6.45, 7) is 4.82. The van der Waals surface area contributed by atoms with E-state index in [0.717, 1.165) is 0 Å². The fourth-order valence-corrected chi connectivity index (χ4v) is 2.00. The second-order valence-electron chi connectivity index (χ2n) is 4.33. The molecule has 0 aromatic rings. The Labute approximate surface area is 89.2 Å². The molecule has 0 unspecified atom stereocenters. The van der Waals surface area contributed by atoms with Crippen LogP contribution in [0.5, 0.6) is 0 Å². The smallest absolute Gasteiger partial charge is 0.0207 e. The summed E-state index contributed by atoms with van der Waals surface area (Å²) in [6, 6.07) is 0. The van der Waals surface area contributed by atoms with Gasteiger partial charge in [-0.3, -0.25) is 0 Å². The van der Waals surface area contributed by atoms with Crippen LogP contribution in [-0.4, -0.2) is 18.0 Å². The quantitative estimate of drug-likeness (QED) is 0.530. The van der Waals surface area contributed by atoms with Crippen LogP contribution in [-0.2, 0) is 0 Å². The molecule has 0 aromatic carbocycles. The van der Waals surface area contributed by atoms with Gasteiger partial charge in [0.2, 0.25) is 0 Å². The van der Waals surface area contributed by atoms with Gasteiger partial charge in [-0.2, -0.15) is 0 Å². The summed E-state index contributed by atoms with van der Waals surface area (Å²) < 4.78 is 0. The van der Waals surface area contributed by atoms with E-state index in [1.807, 2.05) is 0 Å². The van der Waals surface area contributed by atoms with Crippen molar-refractivity contribution in [3.63, 3.8) is 0 Å². The molecule has 0 atom stereocenters. The highest BCUT2D eigenvalue weighted by molar-refractivity contribution is 4.90. The maximum atomic E-state index is 2.45. The van der Waals surface area contributed by atoms with Crippen molar-refractivity contribution >= 4 is 0 Å². The van der Waals surface area contributed by atoms with Crippen molar-refractivity contribution in [3.05, 3.63) is 12.3 Å². The molecule has 14 heavy (non-hydrogen) atoms. The lowest BCUT2D eigenvalue weighted by molar-refractivity contribution is 0.388. The fourth-order valence-electron chi connectivity index (χ4n) is 2.00. The predicted molar refractivity (Wildman–Crippen MR) is 63.3 cm³/mol. The highest BCUT2D eigenvalue weighted by Gasteiger charge is 2.02. The van der Waals surface area contributed by atoms with Gasteiger partial charge in [-0.05, 0) is 19.0 Å². The Hall–Kier alpha value is -0.460. The Morgan fingerprint density at radius 1 is 1.00 bits per heavy atom. The van der Waals surface area contributed by atoms with E-state index >= 15 is 0 Å². The van der Waals surface area contributed by atoms with Gasteiger partial charge in [0.05, 0.1) is 0 Å². The largest absolute Gasteiger partial charge is 0.377 e. The Kier molecular flexibility index (Phi) is 6.55. The molecule has 0 bridgehead atoms. The number of hydrogen-bond donors (Lipinski definition) is 0. The molecular weight excluding hydrogens is 170 g/mol. The van der Waals surface area contributed by atoms with Gasteiger partial charge in [-0.25, -0.2) is 0 Å². The van der Waals surface area contributed by atoms with E-state index in [4.69, 9.17) is 0 Å². The molecule has 1 heterocycles. The molecule has 0 N–H and O–H groups in total. The number of unbranched alkanes of at least 4 members (excludes halogenated alkanes) is 6. The molecule has 1 aliphatic rings. The summed E-state index contributed by atoms with van der Waals surface area (Å²) in [4.78, 5) is 2.45. The SMILES string of the molecule is CCCCCCCCCN1C=CCC1. The molecule has 82 valence electrons. The molecule has 0 spiro atoms. The van der Waals surface area contributed by atoms with E-state index in [-0.39, 0.29) is 0 Å². The van der Waals surface area contributed by atoms with Crippen LogP contribution >= 0.6 is 0 Å². The second kappa shape index (κ2) is 7.90. The van der Waals surface area contributed by atoms with Crippen LogP contribution in [0.25, 0.3) is 0 Å². The molecule has 1 rings (SSSR count). The first kappa shape index (κ1) is 11.6. The molecular formula is C13H25N. The third-order valence-electron chi connectivity index (χ3n) is 2.95. The lowest BCUT2D eigenvalue weighted by atomic mass is 10.1. The van der Waals surface area contributed by atoms with E-state index in [0.29, 0.717) is 0 Å². The van der Waals surface area contributed by atoms with Gasteiger partial charge in [0, 0.05) is 13.1 Å². The monoisotopic (exact) mass is 195 g/mol. The van der Waals surface area contributed by atoms with Crippen LogP contribution in [0.4, 0.5) is 0 Å². The lowest BCUT2D eigenvalue weighted by Crippen LogP contribution is -2.15. The molecule has 0 saturated heterocycles. The average molecular weight is 195 g/mol. The fraction of sp³-hybridized carbons (Fsp3) is 0.846. The second-order valence-corrected chi connectivity index (χ2v) is 4.33. The van der Waals surface area contributed by atoms with Crippen LogP contribution in [0.3, 0.4) is 0 Å². The number of rotatable bonds is 8. The van der Waals surface area contributed by atoms with Crippen molar-refractivity contribution in [1.29, 1.82) is 0 Å². The zero-order valence-corrected chi connectivity index (χ0v) is 9.67. The summed E-state index contributed by atoms with van der Waals surface area (Å²) in [5.41, 5.74) is 0. The van der Waals surface area contributed by atoms with Crippen LogP contribution in [0, 0.1) is 0 Å². The van der Waals surface area contributed by atoms with Gasteiger partial charge in [-0.15, -0.1) is 0 Å². The minimum absolute atomic E-state index is 1.26. The third kappa shape index (κ3) is 5.31. The topological polar surface area (TPSA) is 3.24 Å². The average Bonchev–Trinajstić information content (AvgIpc) is 2.69. The molecule has 0 amide bonds. The Morgan fingerprint density at radius 3 is 2.36 bits per heavy atom. The van der Waals surface area contributed by atoms with Gasteiger partial charge in [0.1, 0.15) is 0 Å². The number of hydrogen-bond acceptors (Lipinski definition) is 1. The number of nitrogens with zero attached hydrogens (tertiary/aromatic N) is 1. The van der Waals surface area contributed by atoms with Crippen LogP contribution in [0.15, 0.2) is 12.3 Å². The van der Waals surface area contributed by atoms with Crippen molar-refractivity contribution in [2.75, 3.05) is 13.1 Å². The van der Waals surface area contributed by atoms with E-state index in [9.17, 15) is 0 Å². The predicted octanol–water partition coefficient (Wildman–Crippen LogP) is 3.96. The van der Waals surface area contributed by atoms with Crippen molar-refractivity contribution in [3.8, 4) is 0 Å². The van der Waals surface area contributed by atoms with Gasteiger partial charge in [0.15, 0.2) is 0 Å². The van der Waals surface area contributed by atoms with Gasteiger partial charge in [-0.1, -0.05) is 51.5 Å². The molecule has 1 nitrogen and oxygen atoms in total. The van der Waals surface area contributed by atoms with E-state index in [2.05, 4.69) is 24.1 Å². The Balaban J connectivity index is 1.77. The van der Waals surface area contributed by atoms with E-state index in [1.165, 1.54) is 64.5 Å². The molecule has 1 aliphatic heterocycles. The molecule has 0 saturated carbocycles. The van der Waals surface area contributed by atoms with Crippen LogP contribution in [0.1, 0.15) is 58.3 Å².